The van der Waals surface area contributed by atoms with Gasteiger partial charge in [-0.05, 0) is 52.2 Å². The number of rotatable bonds is 9. The molecule has 3 rings (SSSR count). The van der Waals surface area contributed by atoms with Crippen LogP contribution in [0, 0.1) is 11.3 Å². The lowest BCUT2D eigenvalue weighted by molar-refractivity contribution is -0.219. The maximum absolute atomic E-state index is 13.3. The lowest BCUT2D eigenvalue weighted by Crippen LogP contribution is -2.37. The van der Waals surface area contributed by atoms with E-state index in [1.807, 2.05) is 16.5 Å². The Bertz CT molecular complexity index is 1410. The number of aromatic nitrogens is 3. The predicted octanol–water partition coefficient (Wildman–Crippen LogP) is 3.42. The SMILES string of the molecule is CN=CC(=C(C)N)S(=O)(=O)NC(=O)c1ccc(-n2ccc(OCC(C)(C)C(F)(F)F)n2)nc1N1C[C@@H](C)CC1C. The molecule has 0 spiro atoms. The first kappa shape index (κ1) is 30.9. The topological polar surface area (TPSA) is 145 Å². The quantitative estimate of drug-likeness (QED) is 0.426. The first-order chi connectivity index (χ1) is 18.5. The molecule has 1 amide bonds. The van der Waals surface area contributed by atoms with E-state index in [-0.39, 0.29) is 45.6 Å². The van der Waals surface area contributed by atoms with Crippen molar-refractivity contribution >= 4 is 28.0 Å². The zero-order valence-corrected chi connectivity index (χ0v) is 24.0. The third kappa shape index (κ3) is 6.74. The number of nitrogens with two attached hydrogens (primary N) is 1. The minimum Gasteiger partial charge on any atom is -0.476 e. The fourth-order valence-corrected chi connectivity index (χ4v) is 5.27. The Morgan fingerprint density at radius 1 is 1.27 bits per heavy atom. The van der Waals surface area contributed by atoms with Gasteiger partial charge in [-0.2, -0.15) is 13.2 Å². The molecule has 1 aliphatic rings. The number of nitrogens with zero attached hydrogens (tertiary/aromatic N) is 5. The molecule has 15 heteroatoms. The highest BCUT2D eigenvalue weighted by molar-refractivity contribution is 7.94. The van der Waals surface area contributed by atoms with Crippen LogP contribution < -0.4 is 20.1 Å². The van der Waals surface area contributed by atoms with Gasteiger partial charge in [-0.3, -0.25) is 9.79 Å². The molecule has 2 atom stereocenters. The fraction of sp³-hybridized carbons (Fsp3) is 0.520. The van der Waals surface area contributed by atoms with Crippen LogP contribution in [0.1, 0.15) is 51.4 Å². The van der Waals surface area contributed by atoms with E-state index in [0.717, 1.165) is 26.5 Å². The second-order valence-electron chi connectivity index (χ2n) is 10.5. The zero-order valence-electron chi connectivity index (χ0n) is 23.2. The van der Waals surface area contributed by atoms with Crippen LogP contribution in [-0.4, -0.2) is 67.7 Å². The summed E-state index contributed by atoms with van der Waals surface area (Å²) in [4.78, 5) is 23.1. The number of hydrogen-bond acceptors (Lipinski definition) is 9. The van der Waals surface area contributed by atoms with Crippen LogP contribution in [0.25, 0.3) is 5.82 Å². The lowest BCUT2D eigenvalue weighted by atomic mass is 9.94. The van der Waals surface area contributed by atoms with Crippen molar-refractivity contribution in [3.8, 4) is 11.7 Å². The van der Waals surface area contributed by atoms with E-state index in [9.17, 15) is 26.4 Å². The first-order valence-corrected chi connectivity index (χ1v) is 13.9. The Hall–Kier alpha value is -3.62. The number of alkyl halides is 3. The molecule has 0 radical (unpaired) electrons. The molecule has 1 saturated heterocycles. The normalized spacial score (nSPS) is 19.2. The second-order valence-corrected chi connectivity index (χ2v) is 12.2. The van der Waals surface area contributed by atoms with Gasteiger partial charge < -0.3 is 15.4 Å². The maximum atomic E-state index is 13.3. The number of hydrogen-bond donors (Lipinski definition) is 2. The molecule has 3 heterocycles. The van der Waals surface area contributed by atoms with E-state index < -0.39 is 34.1 Å². The fourth-order valence-electron chi connectivity index (χ4n) is 4.14. The average Bonchev–Trinajstić information content (AvgIpc) is 3.45. The minimum atomic E-state index is -4.46. The molecule has 11 nitrogen and oxygen atoms in total. The second kappa shape index (κ2) is 11.5. The Labute approximate surface area is 231 Å². The smallest absolute Gasteiger partial charge is 0.397 e. The highest BCUT2D eigenvalue weighted by Gasteiger charge is 2.48. The lowest BCUT2D eigenvalue weighted by Gasteiger charge is -2.26. The number of halogens is 3. The van der Waals surface area contributed by atoms with Crippen molar-refractivity contribution in [1.82, 2.24) is 19.5 Å². The number of pyridine rings is 1. The first-order valence-electron chi connectivity index (χ1n) is 12.5. The number of carbonyl (C=O) groups excluding carboxylic acids is 1. The van der Waals surface area contributed by atoms with Crippen LogP contribution in [0.5, 0.6) is 5.88 Å². The molecule has 1 unspecified atom stereocenters. The van der Waals surface area contributed by atoms with Gasteiger partial charge in [0.15, 0.2) is 5.82 Å². The highest BCUT2D eigenvalue weighted by atomic mass is 32.2. The molecule has 0 saturated carbocycles. The van der Waals surface area contributed by atoms with E-state index in [2.05, 4.69) is 22.0 Å². The van der Waals surface area contributed by atoms with Crippen molar-refractivity contribution in [3.05, 3.63) is 40.6 Å². The van der Waals surface area contributed by atoms with Crippen molar-refractivity contribution < 1.29 is 31.1 Å². The van der Waals surface area contributed by atoms with Gasteiger partial charge in [-0.15, -0.1) is 5.10 Å². The van der Waals surface area contributed by atoms with E-state index in [4.69, 9.17) is 10.5 Å². The Balaban J connectivity index is 1.96. The van der Waals surface area contributed by atoms with Crippen molar-refractivity contribution in [2.75, 3.05) is 25.1 Å². The van der Waals surface area contributed by atoms with Crippen LogP contribution in [-0.2, 0) is 10.0 Å². The van der Waals surface area contributed by atoms with E-state index in [1.54, 1.807) is 0 Å². The number of aliphatic imine (C=N–C) groups is 1. The number of allylic oxidation sites excluding steroid dienone is 2. The highest BCUT2D eigenvalue weighted by Crippen LogP contribution is 2.37. The summed E-state index contributed by atoms with van der Waals surface area (Å²) in [7, 11) is -2.96. The number of ether oxygens (including phenoxy) is 1. The van der Waals surface area contributed by atoms with Gasteiger partial charge in [0.05, 0.1) is 11.0 Å². The summed E-state index contributed by atoms with van der Waals surface area (Å²) in [6, 6.07) is 4.26. The summed E-state index contributed by atoms with van der Waals surface area (Å²) in [5.41, 5.74) is 3.58. The summed E-state index contributed by atoms with van der Waals surface area (Å²) in [5.74, 6) is -0.175. The third-order valence-corrected chi connectivity index (χ3v) is 7.92. The van der Waals surface area contributed by atoms with Crippen molar-refractivity contribution in [2.45, 2.75) is 53.3 Å². The van der Waals surface area contributed by atoms with Gasteiger partial charge in [0.2, 0.25) is 5.88 Å². The van der Waals surface area contributed by atoms with Crippen LogP contribution in [0.2, 0.25) is 0 Å². The van der Waals surface area contributed by atoms with Gasteiger partial charge >= 0.3 is 6.18 Å². The van der Waals surface area contributed by atoms with E-state index >= 15 is 0 Å². The molecular formula is C25H34F3N7O4S. The molecular weight excluding hydrogens is 551 g/mol. The number of amides is 1. The molecule has 2 aromatic heterocycles. The molecule has 220 valence electrons. The Kier molecular flexibility index (Phi) is 8.87. The van der Waals surface area contributed by atoms with Crippen molar-refractivity contribution in [1.29, 1.82) is 0 Å². The molecule has 40 heavy (non-hydrogen) atoms. The maximum Gasteiger partial charge on any atom is 0.397 e. The van der Waals surface area contributed by atoms with Crippen LogP contribution in [0.3, 0.4) is 0 Å². The Morgan fingerprint density at radius 2 is 1.95 bits per heavy atom. The molecule has 3 N–H and O–H groups in total. The molecule has 2 aromatic rings. The van der Waals surface area contributed by atoms with Crippen molar-refractivity contribution in [2.24, 2.45) is 22.1 Å². The summed E-state index contributed by atoms with van der Waals surface area (Å²) in [5, 5.41) is 4.18. The van der Waals surface area contributed by atoms with Crippen LogP contribution in [0.15, 0.2) is 40.0 Å². The molecule has 0 bridgehead atoms. The number of sulfonamides is 1. The van der Waals surface area contributed by atoms with Gasteiger partial charge in [-0.1, -0.05) is 6.92 Å². The zero-order chi connectivity index (χ0) is 30.0. The average molecular weight is 586 g/mol. The summed E-state index contributed by atoms with van der Waals surface area (Å²) < 4.78 is 73.9. The summed E-state index contributed by atoms with van der Waals surface area (Å²) in [6.07, 6.45) is -1.12. The van der Waals surface area contributed by atoms with Gasteiger partial charge in [0.1, 0.15) is 17.3 Å². The summed E-state index contributed by atoms with van der Waals surface area (Å²) in [6.45, 7) is 7.39. The van der Waals surface area contributed by atoms with Gasteiger partial charge in [0.25, 0.3) is 15.9 Å². The predicted molar refractivity (Wildman–Crippen MR) is 145 cm³/mol. The van der Waals surface area contributed by atoms with Gasteiger partial charge in [0, 0.05) is 43.8 Å². The van der Waals surface area contributed by atoms with E-state index in [0.29, 0.717) is 6.54 Å². The van der Waals surface area contributed by atoms with Crippen molar-refractivity contribution in [3.63, 3.8) is 0 Å². The summed E-state index contributed by atoms with van der Waals surface area (Å²) >= 11 is 0. The molecule has 0 aromatic carbocycles. The van der Waals surface area contributed by atoms with Crippen LogP contribution in [0.4, 0.5) is 19.0 Å². The largest absolute Gasteiger partial charge is 0.476 e. The van der Waals surface area contributed by atoms with Gasteiger partial charge in [-0.25, -0.2) is 22.8 Å². The Morgan fingerprint density at radius 3 is 2.50 bits per heavy atom. The van der Waals surface area contributed by atoms with E-state index in [1.165, 1.54) is 43.0 Å². The number of carbonyl (C=O) groups is 1. The minimum absolute atomic E-state index is 0.00371. The molecule has 0 aliphatic carbocycles. The van der Waals surface area contributed by atoms with Crippen LogP contribution >= 0.6 is 0 Å². The number of nitrogens with one attached hydrogen (secondary N) is 1. The molecule has 1 fully saturated rings. The third-order valence-electron chi connectivity index (χ3n) is 6.46. The molecule has 1 aliphatic heterocycles. The number of anilines is 1. The standard InChI is InChI=1S/C25H34F3N7O4S/c1-15-11-16(2)34(13-15)22-18(23(36)33-40(37,38)19(12-30-6)17(3)29)7-8-20(31-22)35-10-9-21(32-35)39-14-24(4,5)25(26,27)28/h7-10,12,15-16H,11,13-14,29H2,1-6H3,(H,33,36)/t15-,16?/m0/s1. The monoisotopic (exact) mass is 585 g/mol.